The lowest BCUT2D eigenvalue weighted by molar-refractivity contribution is 0.268. The van der Waals surface area contributed by atoms with Gasteiger partial charge < -0.3 is 0 Å². The molecule has 0 radical (unpaired) electrons. The van der Waals surface area contributed by atoms with Gasteiger partial charge in [0.15, 0.2) is 0 Å². The molecule has 0 aliphatic carbocycles. The second-order valence-electron chi connectivity index (χ2n) is 4.66. The third kappa shape index (κ3) is 3.10. The predicted molar refractivity (Wildman–Crippen MR) is 81.4 cm³/mol. The van der Waals surface area contributed by atoms with Crippen LogP contribution in [0.5, 0.6) is 0 Å². The van der Waals surface area contributed by atoms with Crippen molar-refractivity contribution in [2.75, 3.05) is 6.54 Å². The van der Waals surface area contributed by atoms with Crippen molar-refractivity contribution in [3.63, 3.8) is 0 Å². The van der Waals surface area contributed by atoms with Crippen LogP contribution in [0.2, 0.25) is 10.0 Å². The summed E-state index contributed by atoms with van der Waals surface area (Å²) < 4.78 is 27.3. The number of rotatable bonds is 2. The first-order valence-corrected chi connectivity index (χ1v) is 8.99. The van der Waals surface area contributed by atoms with Gasteiger partial charge in [0.05, 0.1) is 14.9 Å². The van der Waals surface area contributed by atoms with Gasteiger partial charge in [-0.1, -0.05) is 29.6 Å². The highest BCUT2D eigenvalue weighted by atomic mass is 79.9. The zero-order valence-corrected chi connectivity index (χ0v) is 14.3. The zero-order valence-electron chi connectivity index (χ0n) is 10.4. The van der Waals surface area contributed by atoms with Gasteiger partial charge in [0, 0.05) is 17.1 Å². The lowest BCUT2D eigenvalue weighted by Gasteiger charge is -2.32. The Morgan fingerprint density at radius 2 is 1.89 bits per heavy atom. The van der Waals surface area contributed by atoms with Gasteiger partial charge in [0.1, 0.15) is 0 Å². The monoisotopic (exact) mass is 385 g/mol. The molecular formula is C12H14BrCl2NO2S. The highest BCUT2D eigenvalue weighted by Crippen LogP contribution is 2.35. The lowest BCUT2D eigenvalue weighted by Crippen LogP contribution is -2.42. The molecule has 7 heteroatoms. The first-order valence-electron chi connectivity index (χ1n) is 6.00. The van der Waals surface area contributed by atoms with Crippen LogP contribution in [0.3, 0.4) is 0 Å². The van der Waals surface area contributed by atoms with E-state index in [1.54, 1.807) is 4.31 Å². The van der Waals surface area contributed by atoms with Crippen LogP contribution in [0, 0.1) is 0 Å². The van der Waals surface area contributed by atoms with Gasteiger partial charge in [-0.15, -0.1) is 0 Å². The predicted octanol–water partition coefficient (Wildman–Crippen LogP) is 4.32. The van der Waals surface area contributed by atoms with Crippen molar-refractivity contribution in [1.82, 2.24) is 4.31 Å². The Bertz CT molecular complexity index is 592. The van der Waals surface area contributed by atoms with Crippen molar-refractivity contribution >= 4 is 49.2 Å². The summed E-state index contributed by atoms with van der Waals surface area (Å²) >= 11 is 15.1. The van der Waals surface area contributed by atoms with E-state index in [1.165, 1.54) is 12.1 Å². The van der Waals surface area contributed by atoms with Crippen LogP contribution in [0.25, 0.3) is 0 Å². The Morgan fingerprint density at radius 1 is 1.26 bits per heavy atom. The average molecular weight is 387 g/mol. The molecule has 1 aliphatic rings. The summed E-state index contributed by atoms with van der Waals surface area (Å²) in [6.45, 7) is 2.48. The molecule has 1 heterocycles. The fourth-order valence-electron chi connectivity index (χ4n) is 2.26. The van der Waals surface area contributed by atoms with Crippen molar-refractivity contribution in [2.24, 2.45) is 0 Å². The molecule has 3 nitrogen and oxygen atoms in total. The van der Waals surface area contributed by atoms with E-state index in [0.717, 1.165) is 19.3 Å². The maximum Gasteiger partial charge on any atom is 0.244 e. The molecule has 1 aliphatic heterocycles. The summed E-state index contributed by atoms with van der Waals surface area (Å²) in [7, 11) is -3.54. The third-order valence-electron chi connectivity index (χ3n) is 3.30. The number of halogens is 3. The minimum atomic E-state index is -3.54. The van der Waals surface area contributed by atoms with Crippen LogP contribution in [0.15, 0.2) is 21.5 Å². The van der Waals surface area contributed by atoms with Crippen molar-refractivity contribution in [2.45, 2.75) is 37.1 Å². The minimum Gasteiger partial charge on any atom is -0.207 e. The van der Waals surface area contributed by atoms with Gasteiger partial charge in [0.25, 0.3) is 0 Å². The van der Waals surface area contributed by atoms with E-state index in [4.69, 9.17) is 23.2 Å². The first kappa shape index (κ1) is 15.6. The van der Waals surface area contributed by atoms with E-state index in [2.05, 4.69) is 15.9 Å². The standard InChI is InChI=1S/C12H14BrCl2NO2S/c1-8-4-2-3-5-16(8)19(17,18)12-7-11(15)10(14)6-9(12)13/h6-8H,2-5H2,1H3/t8-/m1/s1. The van der Waals surface area contributed by atoms with Crippen molar-refractivity contribution in [3.05, 3.63) is 26.7 Å². The normalized spacial score (nSPS) is 21.6. The van der Waals surface area contributed by atoms with E-state index in [-0.39, 0.29) is 16.0 Å². The molecule has 0 bridgehead atoms. The molecule has 0 amide bonds. The van der Waals surface area contributed by atoms with E-state index in [9.17, 15) is 8.42 Å². The van der Waals surface area contributed by atoms with Gasteiger partial charge >= 0.3 is 0 Å². The molecule has 19 heavy (non-hydrogen) atoms. The van der Waals surface area contributed by atoms with E-state index in [1.807, 2.05) is 6.92 Å². The maximum absolute atomic E-state index is 12.7. The van der Waals surface area contributed by atoms with Crippen LogP contribution in [0.1, 0.15) is 26.2 Å². The third-order valence-corrected chi connectivity index (χ3v) is 7.00. The van der Waals surface area contributed by atoms with Gasteiger partial charge in [-0.25, -0.2) is 8.42 Å². The van der Waals surface area contributed by atoms with E-state index in [0.29, 0.717) is 16.0 Å². The Hall–Kier alpha value is 0.190. The zero-order chi connectivity index (χ0) is 14.2. The largest absolute Gasteiger partial charge is 0.244 e. The van der Waals surface area contributed by atoms with Gasteiger partial charge in [-0.3, -0.25) is 0 Å². The number of benzene rings is 1. The Labute approximate surface area is 132 Å². The maximum atomic E-state index is 12.7. The topological polar surface area (TPSA) is 37.4 Å². The molecule has 1 saturated heterocycles. The quantitative estimate of drug-likeness (QED) is 0.709. The number of nitrogens with zero attached hydrogens (tertiary/aromatic N) is 1. The number of hydrogen-bond acceptors (Lipinski definition) is 2. The Kier molecular flexibility index (Phi) is 4.83. The summed E-state index contributed by atoms with van der Waals surface area (Å²) in [6, 6.07) is 2.94. The second kappa shape index (κ2) is 5.90. The van der Waals surface area contributed by atoms with Crippen molar-refractivity contribution in [1.29, 1.82) is 0 Å². The molecule has 1 fully saturated rings. The van der Waals surface area contributed by atoms with Gasteiger partial charge in [0.2, 0.25) is 10.0 Å². The second-order valence-corrected chi connectivity index (χ2v) is 8.19. The first-order chi connectivity index (χ1) is 8.84. The average Bonchev–Trinajstić information content (AvgIpc) is 2.34. The molecule has 2 rings (SSSR count). The molecule has 1 atom stereocenters. The summed E-state index contributed by atoms with van der Waals surface area (Å²) in [5, 5.41) is 0.576. The molecular weight excluding hydrogens is 373 g/mol. The van der Waals surface area contributed by atoms with E-state index >= 15 is 0 Å². The Morgan fingerprint density at radius 3 is 2.53 bits per heavy atom. The lowest BCUT2D eigenvalue weighted by atomic mass is 10.1. The molecule has 1 aromatic carbocycles. The highest BCUT2D eigenvalue weighted by Gasteiger charge is 2.32. The molecule has 0 unspecified atom stereocenters. The number of hydrogen-bond donors (Lipinski definition) is 0. The molecule has 106 valence electrons. The summed E-state index contributed by atoms with van der Waals surface area (Å²) in [6.07, 6.45) is 2.84. The van der Waals surface area contributed by atoms with Crippen molar-refractivity contribution in [3.8, 4) is 0 Å². The number of piperidine rings is 1. The minimum absolute atomic E-state index is 0.0140. The molecule has 0 aromatic heterocycles. The SMILES string of the molecule is C[C@@H]1CCCCN1S(=O)(=O)c1cc(Cl)c(Cl)cc1Br. The summed E-state index contributed by atoms with van der Waals surface area (Å²) in [4.78, 5) is 0.177. The Balaban J connectivity index is 2.47. The smallest absolute Gasteiger partial charge is 0.207 e. The van der Waals surface area contributed by atoms with Crippen LogP contribution >= 0.6 is 39.1 Å². The summed E-state index contributed by atoms with van der Waals surface area (Å²) in [5.74, 6) is 0. The van der Waals surface area contributed by atoms with Crippen LogP contribution in [-0.2, 0) is 10.0 Å². The highest BCUT2D eigenvalue weighted by molar-refractivity contribution is 9.10. The molecule has 1 aromatic rings. The molecule has 0 saturated carbocycles. The van der Waals surface area contributed by atoms with Crippen LogP contribution in [-0.4, -0.2) is 25.3 Å². The van der Waals surface area contributed by atoms with Crippen LogP contribution in [0.4, 0.5) is 0 Å². The summed E-state index contributed by atoms with van der Waals surface area (Å²) in [5.41, 5.74) is 0. The molecule has 0 N–H and O–H groups in total. The van der Waals surface area contributed by atoms with E-state index < -0.39 is 10.0 Å². The van der Waals surface area contributed by atoms with Crippen LogP contribution < -0.4 is 0 Å². The van der Waals surface area contributed by atoms with Crippen molar-refractivity contribution < 1.29 is 8.42 Å². The fourth-order valence-corrected chi connectivity index (χ4v) is 5.51. The van der Waals surface area contributed by atoms with Gasteiger partial charge in [-0.2, -0.15) is 4.31 Å². The molecule has 0 spiro atoms. The number of sulfonamides is 1. The fraction of sp³-hybridized carbons (Fsp3) is 0.500. The van der Waals surface area contributed by atoms with Gasteiger partial charge in [-0.05, 0) is 47.8 Å².